The Labute approximate surface area is 152 Å². The molecule has 0 fully saturated rings. The van der Waals surface area contributed by atoms with Crippen molar-refractivity contribution in [2.45, 2.75) is 26.3 Å². The molecule has 0 aliphatic carbocycles. The summed E-state index contributed by atoms with van der Waals surface area (Å²) in [6.45, 7) is 6.00. The number of rotatable bonds is 5. The van der Waals surface area contributed by atoms with Gasteiger partial charge in [0, 0.05) is 29.3 Å². The maximum Gasteiger partial charge on any atom is 0.251 e. The number of benzene rings is 1. The molecule has 0 spiro atoms. The number of nitrogens with zero attached hydrogens (tertiary/aromatic N) is 2. The Bertz CT molecular complexity index is 939. The number of fused-ring (bicyclic) bond motifs is 1. The molecule has 0 saturated heterocycles. The van der Waals surface area contributed by atoms with Gasteiger partial charge in [-0.2, -0.15) is 0 Å². The molecule has 0 aliphatic rings. The van der Waals surface area contributed by atoms with Crippen LogP contribution in [0.4, 0.5) is 5.69 Å². The summed E-state index contributed by atoms with van der Waals surface area (Å²) in [7, 11) is 0. The summed E-state index contributed by atoms with van der Waals surface area (Å²) in [6, 6.07) is 10.8. The minimum Gasteiger partial charge on any atom is -0.490 e. The van der Waals surface area contributed by atoms with Crippen LogP contribution in [0.5, 0.6) is 5.75 Å². The molecule has 1 aromatic carbocycles. The van der Waals surface area contributed by atoms with Crippen molar-refractivity contribution in [1.29, 1.82) is 0 Å². The average Bonchev–Trinajstić information content (AvgIpc) is 2.60. The van der Waals surface area contributed by atoms with E-state index >= 15 is 0 Å². The molecule has 2 heterocycles. The summed E-state index contributed by atoms with van der Waals surface area (Å²) >= 11 is 0. The van der Waals surface area contributed by atoms with Crippen LogP contribution in [0.2, 0.25) is 0 Å². The Morgan fingerprint density at radius 2 is 1.96 bits per heavy atom. The van der Waals surface area contributed by atoms with Crippen LogP contribution < -0.4 is 15.8 Å². The molecule has 3 N–H and O–H groups in total. The molecule has 3 aromatic rings. The van der Waals surface area contributed by atoms with Crippen molar-refractivity contribution in [2.75, 3.05) is 12.3 Å². The first-order valence-corrected chi connectivity index (χ1v) is 8.37. The highest BCUT2D eigenvalue weighted by Gasteiger charge is 2.23. The van der Waals surface area contributed by atoms with Gasteiger partial charge in [0.2, 0.25) is 0 Å². The van der Waals surface area contributed by atoms with Crippen LogP contribution in [0.3, 0.4) is 0 Å². The van der Waals surface area contributed by atoms with E-state index in [-0.39, 0.29) is 12.5 Å². The van der Waals surface area contributed by atoms with Crippen molar-refractivity contribution in [2.24, 2.45) is 0 Å². The minimum atomic E-state index is -0.574. The molecule has 0 aliphatic heterocycles. The predicted molar refractivity (Wildman–Crippen MR) is 102 cm³/mol. The third-order valence-corrected chi connectivity index (χ3v) is 3.94. The standard InChI is InChI=1S/C20H22N4O2/c1-13-11-15(21)18-16(23-13)5-4-6-17(18)26-12-20(2,3)24-19(25)14-7-9-22-10-8-14/h4-11H,12H2,1-3H3,(H2,21,23)(H,24,25). The molecule has 2 aromatic heterocycles. The predicted octanol–water partition coefficient (Wildman–Crippen LogP) is 3.11. The van der Waals surface area contributed by atoms with E-state index in [1.807, 2.05) is 45.0 Å². The SMILES string of the molecule is Cc1cc(N)c2c(OCC(C)(C)NC(=O)c3ccncc3)cccc2n1. The molecule has 0 atom stereocenters. The van der Waals surface area contributed by atoms with Crippen molar-refractivity contribution in [3.05, 3.63) is 60.0 Å². The zero-order valence-electron chi connectivity index (χ0n) is 15.1. The normalized spacial score (nSPS) is 11.3. The maximum absolute atomic E-state index is 12.4. The maximum atomic E-state index is 12.4. The van der Waals surface area contributed by atoms with E-state index < -0.39 is 5.54 Å². The number of hydrogen-bond acceptors (Lipinski definition) is 5. The van der Waals surface area contributed by atoms with Crippen LogP contribution in [0, 0.1) is 6.92 Å². The van der Waals surface area contributed by atoms with E-state index in [9.17, 15) is 4.79 Å². The molecule has 26 heavy (non-hydrogen) atoms. The van der Waals surface area contributed by atoms with Gasteiger partial charge in [-0.3, -0.25) is 14.8 Å². The smallest absolute Gasteiger partial charge is 0.251 e. The third-order valence-electron chi connectivity index (χ3n) is 3.94. The summed E-state index contributed by atoms with van der Waals surface area (Å²) in [4.78, 5) is 20.8. The van der Waals surface area contributed by atoms with E-state index in [0.29, 0.717) is 17.0 Å². The molecule has 6 heteroatoms. The van der Waals surface area contributed by atoms with Crippen LogP contribution >= 0.6 is 0 Å². The first kappa shape index (κ1) is 17.7. The summed E-state index contributed by atoms with van der Waals surface area (Å²) in [5.74, 6) is 0.481. The Hall–Kier alpha value is -3.15. The number of pyridine rings is 2. The highest BCUT2D eigenvalue weighted by atomic mass is 16.5. The summed E-state index contributed by atoms with van der Waals surface area (Å²) in [6.07, 6.45) is 3.18. The Balaban J connectivity index is 1.76. The van der Waals surface area contributed by atoms with Crippen molar-refractivity contribution >= 4 is 22.5 Å². The second-order valence-corrected chi connectivity index (χ2v) is 6.87. The highest BCUT2D eigenvalue weighted by Crippen LogP contribution is 2.30. The number of nitrogens with one attached hydrogen (secondary N) is 1. The fourth-order valence-corrected chi connectivity index (χ4v) is 2.72. The topological polar surface area (TPSA) is 90.1 Å². The fraction of sp³-hybridized carbons (Fsp3) is 0.250. The van der Waals surface area contributed by atoms with Gasteiger partial charge < -0.3 is 15.8 Å². The van der Waals surface area contributed by atoms with Crippen LogP contribution in [0.1, 0.15) is 29.9 Å². The number of anilines is 1. The largest absolute Gasteiger partial charge is 0.490 e. The molecule has 0 radical (unpaired) electrons. The summed E-state index contributed by atoms with van der Waals surface area (Å²) in [5.41, 5.74) is 8.42. The van der Waals surface area contributed by atoms with Gasteiger partial charge in [0.05, 0.1) is 16.4 Å². The first-order chi connectivity index (χ1) is 12.4. The van der Waals surface area contributed by atoms with Crippen LogP contribution in [0.15, 0.2) is 48.8 Å². The third kappa shape index (κ3) is 3.91. The van der Waals surface area contributed by atoms with Gasteiger partial charge >= 0.3 is 0 Å². The molecule has 3 rings (SSSR count). The van der Waals surface area contributed by atoms with Gasteiger partial charge in [0.1, 0.15) is 12.4 Å². The van der Waals surface area contributed by atoms with Gasteiger partial charge in [-0.05, 0) is 51.1 Å². The Morgan fingerprint density at radius 3 is 2.69 bits per heavy atom. The van der Waals surface area contributed by atoms with Crippen LogP contribution in [0.25, 0.3) is 10.9 Å². The van der Waals surface area contributed by atoms with E-state index in [1.165, 1.54) is 0 Å². The monoisotopic (exact) mass is 350 g/mol. The van der Waals surface area contributed by atoms with Crippen molar-refractivity contribution in [3.63, 3.8) is 0 Å². The van der Waals surface area contributed by atoms with Gasteiger partial charge in [-0.1, -0.05) is 6.07 Å². The minimum absolute atomic E-state index is 0.171. The fourth-order valence-electron chi connectivity index (χ4n) is 2.72. The van der Waals surface area contributed by atoms with Gasteiger partial charge in [0.25, 0.3) is 5.91 Å². The summed E-state index contributed by atoms with van der Waals surface area (Å²) < 4.78 is 5.99. The number of aryl methyl sites for hydroxylation is 1. The summed E-state index contributed by atoms with van der Waals surface area (Å²) in [5, 5.41) is 3.76. The average molecular weight is 350 g/mol. The number of aromatic nitrogens is 2. The molecule has 6 nitrogen and oxygen atoms in total. The first-order valence-electron chi connectivity index (χ1n) is 8.37. The van der Waals surface area contributed by atoms with Crippen LogP contribution in [-0.4, -0.2) is 28.0 Å². The molecule has 0 unspecified atom stereocenters. The number of carbonyl (C=O) groups is 1. The second-order valence-electron chi connectivity index (χ2n) is 6.87. The number of carbonyl (C=O) groups excluding carboxylic acids is 1. The number of ether oxygens (including phenoxy) is 1. The van der Waals surface area contributed by atoms with Gasteiger partial charge in [0.15, 0.2) is 0 Å². The number of amides is 1. The van der Waals surface area contributed by atoms with Gasteiger partial charge in [-0.25, -0.2) is 0 Å². The van der Waals surface area contributed by atoms with Crippen LogP contribution in [-0.2, 0) is 0 Å². The van der Waals surface area contributed by atoms with E-state index in [0.717, 1.165) is 16.6 Å². The Morgan fingerprint density at radius 1 is 1.23 bits per heavy atom. The van der Waals surface area contributed by atoms with E-state index in [4.69, 9.17) is 10.5 Å². The zero-order valence-corrected chi connectivity index (χ0v) is 15.1. The lowest BCUT2D eigenvalue weighted by Crippen LogP contribution is -2.47. The quantitative estimate of drug-likeness (QED) is 0.738. The van der Waals surface area contributed by atoms with E-state index in [2.05, 4.69) is 15.3 Å². The van der Waals surface area contributed by atoms with E-state index in [1.54, 1.807) is 24.5 Å². The van der Waals surface area contributed by atoms with Gasteiger partial charge in [-0.15, -0.1) is 0 Å². The van der Waals surface area contributed by atoms with Crippen molar-refractivity contribution in [1.82, 2.24) is 15.3 Å². The number of nitrogen functional groups attached to an aromatic ring is 1. The lowest BCUT2D eigenvalue weighted by molar-refractivity contribution is 0.0881. The zero-order chi connectivity index (χ0) is 18.7. The lowest BCUT2D eigenvalue weighted by Gasteiger charge is -2.26. The molecule has 1 amide bonds. The molecule has 0 bridgehead atoms. The number of hydrogen-bond donors (Lipinski definition) is 2. The van der Waals surface area contributed by atoms with Crippen molar-refractivity contribution in [3.8, 4) is 5.75 Å². The molecule has 134 valence electrons. The number of nitrogens with two attached hydrogens (primary N) is 1. The Kier molecular flexibility index (Phi) is 4.75. The lowest BCUT2D eigenvalue weighted by atomic mass is 10.1. The molecular formula is C20H22N4O2. The van der Waals surface area contributed by atoms with Crippen molar-refractivity contribution < 1.29 is 9.53 Å². The molecule has 0 saturated carbocycles. The second kappa shape index (κ2) is 7.00. The molecular weight excluding hydrogens is 328 g/mol. The highest BCUT2D eigenvalue weighted by molar-refractivity contribution is 5.96.